The minimum atomic E-state index is -3.08. The molecule has 1 aliphatic rings. The number of nitrogens with one attached hydrogen (secondary N) is 1. The smallest absolute Gasteiger partial charge is 0.211 e. The second-order valence-electron chi connectivity index (χ2n) is 5.36. The zero-order valence-corrected chi connectivity index (χ0v) is 11.1. The predicted octanol–water partition coefficient (Wildman–Crippen LogP) is 1.08. The number of nitrogens with two attached hydrogens (primary N) is 1. The first-order valence-electron chi connectivity index (χ1n) is 6.07. The van der Waals surface area contributed by atoms with E-state index in [9.17, 15) is 8.42 Å². The molecule has 4 nitrogen and oxygen atoms in total. The highest BCUT2D eigenvalue weighted by molar-refractivity contribution is 7.89. The Bertz CT molecular complexity index is 308. The maximum Gasteiger partial charge on any atom is 0.211 e. The van der Waals surface area contributed by atoms with E-state index >= 15 is 0 Å². The van der Waals surface area contributed by atoms with Crippen LogP contribution < -0.4 is 10.5 Å². The Hall–Kier alpha value is -0.130. The molecule has 0 aromatic rings. The molecule has 96 valence electrons. The average Bonchev–Trinajstić information content (AvgIpc) is 2.94. The van der Waals surface area contributed by atoms with Crippen LogP contribution in [0.15, 0.2) is 0 Å². The Morgan fingerprint density at radius 3 is 2.44 bits per heavy atom. The Kier molecular flexibility index (Phi) is 4.76. The number of rotatable bonds is 8. The molecule has 1 rings (SSSR count). The normalized spacial score (nSPS) is 19.0. The summed E-state index contributed by atoms with van der Waals surface area (Å²) in [5.74, 6) is 0.666. The molecule has 0 aromatic carbocycles. The van der Waals surface area contributed by atoms with E-state index in [-0.39, 0.29) is 11.2 Å². The number of sulfonamides is 1. The molecular formula is C11H24N2O2S. The Labute approximate surface area is 99.0 Å². The molecule has 0 radical (unpaired) electrons. The second kappa shape index (κ2) is 5.47. The van der Waals surface area contributed by atoms with Crippen LogP contribution in [0, 0.1) is 11.3 Å². The van der Waals surface area contributed by atoms with Crippen molar-refractivity contribution >= 4 is 10.0 Å². The molecule has 0 bridgehead atoms. The summed E-state index contributed by atoms with van der Waals surface area (Å²) in [6.45, 7) is 5.29. The predicted molar refractivity (Wildman–Crippen MR) is 66.6 cm³/mol. The molecule has 0 saturated heterocycles. The molecule has 0 atom stereocenters. The number of hydrogen-bond donors (Lipinski definition) is 2. The van der Waals surface area contributed by atoms with Gasteiger partial charge in [0, 0.05) is 6.54 Å². The first kappa shape index (κ1) is 13.9. The van der Waals surface area contributed by atoms with Gasteiger partial charge in [-0.05, 0) is 43.6 Å². The third kappa shape index (κ3) is 4.80. The van der Waals surface area contributed by atoms with Gasteiger partial charge in [-0.3, -0.25) is 0 Å². The van der Waals surface area contributed by atoms with E-state index < -0.39 is 10.0 Å². The molecule has 1 fully saturated rings. The summed E-state index contributed by atoms with van der Waals surface area (Å²) in [6.07, 6.45) is 3.87. The lowest BCUT2D eigenvalue weighted by molar-refractivity contribution is 0.460. The van der Waals surface area contributed by atoms with Gasteiger partial charge in [-0.15, -0.1) is 0 Å². The molecule has 0 aromatic heterocycles. The zero-order chi connectivity index (χ0) is 12.2. The van der Waals surface area contributed by atoms with Crippen LogP contribution in [-0.2, 0) is 10.0 Å². The topological polar surface area (TPSA) is 72.2 Å². The third-order valence-corrected chi connectivity index (χ3v) is 4.62. The fourth-order valence-corrected chi connectivity index (χ4v) is 3.18. The minimum absolute atomic E-state index is 0.180. The van der Waals surface area contributed by atoms with Crippen molar-refractivity contribution in [2.45, 2.75) is 39.5 Å². The molecule has 16 heavy (non-hydrogen) atoms. The Balaban J connectivity index is 2.31. The zero-order valence-electron chi connectivity index (χ0n) is 10.3. The van der Waals surface area contributed by atoms with E-state index in [1.165, 1.54) is 0 Å². The Morgan fingerprint density at radius 1 is 1.38 bits per heavy atom. The lowest BCUT2D eigenvalue weighted by atomic mass is 10.0. The largest absolute Gasteiger partial charge is 0.330 e. The molecule has 3 N–H and O–H groups in total. The molecule has 0 spiro atoms. The maximum atomic E-state index is 11.7. The van der Waals surface area contributed by atoms with E-state index in [1.807, 2.05) is 13.8 Å². The van der Waals surface area contributed by atoms with E-state index in [2.05, 4.69) is 4.72 Å². The van der Waals surface area contributed by atoms with Gasteiger partial charge in [0.25, 0.3) is 0 Å². The van der Waals surface area contributed by atoms with Crippen molar-refractivity contribution in [3.63, 3.8) is 0 Å². The van der Waals surface area contributed by atoms with Gasteiger partial charge < -0.3 is 5.73 Å². The van der Waals surface area contributed by atoms with Gasteiger partial charge in [0.15, 0.2) is 0 Å². The van der Waals surface area contributed by atoms with Crippen LogP contribution >= 0.6 is 0 Å². The van der Waals surface area contributed by atoms with Gasteiger partial charge in [0.05, 0.1) is 5.75 Å². The van der Waals surface area contributed by atoms with E-state index in [4.69, 9.17) is 5.73 Å². The van der Waals surface area contributed by atoms with Crippen LogP contribution in [-0.4, -0.2) is 27.3 Å². The lowest BCUT2D eigenvalue weighted by Crippen LogP contribution is -2.33. The monoisotopic (exact) mass is 248 g/mol. The summed E-state index contributed by atoms with van der Waals surface area (Å²) in [5.41, 5.74) is 5.70. The van der Waals surface area contributed by atoms with Crippen LogP contribution in [0.4, 0.5) is 0 Å². The third-order valence-electron chi connectivity index (χ3n) is 3.26. The van der Waals surface area contributed by atoms with Gasteiger partial charge >= 0.3 is 0 Å². The van der Waals surface area contributed by atoms with E-state index in [0.717, 1.165) is 25.7 Å². The fourth-order valence-electron chi connectivity index (χ4n) is 1.72. The van der Waals surface area contributed by atoms with Crippen molar-refractivity contribution in [1.82, 2.24) is 4.72 Å². The van der Waals surface area contributed by atoms with Crippen molar-refractivity contribution in [2.75, 3.05) is 18.8 Å². The summed E-state index contributed by atoms with van der Waals surface area (Å²) < 4.78 is 26.1. The molecule has 0 heterocycles. The lowest BCUT2D eigenvalue weighted by Gasteiger charge is -2.15. The standard InChI is InChI=1S/C11H24N2O2S/c1-10(2)3-8-16(14,15)13-9-11(4-5-11)6-7-12/h10,13H,3-9,12H2,1-2H3. The molecule has 1 saturated carbocycles. The quantitative estimate of drug-likeness (QED) is 0.675. The summed E-state index contributed by atoms with van der Waals surface area (Å²) in [6, 6.07) is 0. The summed E-state index contributed by atoms with van der Waals surface area (Å²) in [7, 11) is -3.08. The second-order valence-corrected chi connectivity index (χ2v) is 7.29. The van der Waals surface area contributed by atoms with Crippen LogP contribution in [0.1, 0.15) is 39.5 Å². The van der Waals surface area contributed by atoms with Crippen LogP contribution in [0.25, 0.3) is 0 Å². The van der Waals surface area contributed by atoms with Crippen LogP contribution in [0.2, 0.25) is 0 Å². The number of hydrogen-bond acceptors (Lipinski definition) is 3. The average molecular weight is 248 g/mol. The van der Waals surface area contributed by atoms with Gasteiger partial charge in [-0.2, -0.15) is 0 Å². The highest BCUT2D eigenvalue weighted by Gasteiger charge is 2.42. The SMILES string of the molecule is CC(C)CCS(=O)(=O)NCC1(CCN)CC1. The van der Waals surface area contributed by atoms with Crippen molar-refractivity contribution in [3.8, 4) is 0 Å². The van der Waals surface area contributed by atoms with Gasteiger partial charge in [-0.25, -0.2) is 13.1 Å². The molecule has 5 heteroatoms. The van der Waals surface area contributed by atoms with Crippen molar-refractivity contribution < 1.29 is 8.42 Å². The highest BCUT2D eigenvalue weighted by atomic mass is 32.2. The van der Waals surface area contributed by atoms with Crippen molar-refractivity contribution in [3.05, 3.63) is 0 Å². The molecule has 1 aliphatic carbocycles. The van der Waals surface area contributed by atoms with E-state index in [0.29, 0.717) is 19.0 Å². The van der Waals surface area contributed by atoms with Crippen molar-refractivity contribution in [2.24, 2.45) is 17.1 Å². The first-order valence-corrected chi connectivity index (χ1v) is 7.72. The summed E-state index contributed by atoms with van der Waals surface area (Å²) in [5, 5.41) is 0. The summed E-state index contributed by atoms with van der Waals surface area (Å²) >= 11 is 0. The fraction of sp³-hybridized carbons (Fsp3) is 1.00. The van der Waals surface area contributed by atoms with Crippen LogP contribution in [0.5, 0.6) is 0 Å². The highest BCUT2D eigenvalue weighted by Crippen LogP contribution is 2.47. The van der Waals surface area contributed by atoms with Crippen molar-refractivity contribution in [1.29, 1.82) is 0 Å². The van der Waals surface area contributed by atoms with Gasteiger partial charge in [0.2, 0.25) is 10.0 Å². The molecule has 0 aliphatic heterocycles. The maximum absolute atomic E-state index is 11.7. The van der Waals surface area contributed by atoms with Gasteiger partial charge in [-0.1, -0.05) is 13.8 Å². The van der Waals surface area contributed by atoms with Crippen LogP contribution in [0.3, 0.4) is 0 Å². The molecule has 0 unspecified atom stereocenters. The Morgan fingerprint density at radius 2 is 2.00 bits per heavy atom. The minimum Gasteiger partial charge on any atom is -0.330 e. The molecule has 0 amide bonds. The molecular weight excluding hydrogens is 224 g/mol. The summed E-state index contributed by atoms with van der Waals surface area (Å²) in [4.78, 5) is 0. The van der Waals surface area contributed by atoms with Gasteiger partial charge in [0.1, 0.15) is 0 Å². The van der Waals surface area contributed by atoms with E-state index in [1.54, 1.807) is 0 Å². The first-order chi connectivity index (χ1) is 7.39.